The normalized spacial score (nSPS) is 16.2. The maximum atomic E-state index is 12.6. The third-order valence-electron chi connectivity index (χ3n) is 5.83. The highest BCUT2D eigenvalue weighted by Crippen LogP contribution is 2.39. The Morgan fingerprint density at radius 1 is 1.31 bits per heavy atom. The number of amides is 2. The van der Waals surface area contributed by atoms with Crippen LogP contribution in [0.3, 0.4) is 0 Å². The Morgan fingerprint density at radius 2 is 2.08 bits per heavy atom. The largest absolute Gasteiger partial charge is 0.444 e. The average molecular weight is 536 g/mol. The molecule has 9 nitrogen and oxygen atoms in total. The molecule has 4 rings (SSSR count). The van der Waals surface area contributed by atoms with Crippen LogP contribution in [0.4, 0.5) is 4.79 Å². The molecular weight excluding hydrogens is 505 g/mol. The quantitative estimate of drug-likeness (QED) is 0.432. The van der Waals surface area contributed by atoms with Gasteiger partial charge in [0.15, 0.2) is 0 Å². The Bertz CT molecular complexity index is 1260. The van der Waals surface area contributed by atoms with E-state index >= 15 is 0 Å². The van der Waals surface area contributed by atoms with Crippen LogP contribution in [-0.4, -0.2) is 57.5 Å². The van der Waals surface area contributed by atoms with Gasteiger partial charge in [0.05, 0.1) is 28.3 Å². The van der Waals surface area contributed by atoms with Gasteiger partial charge in [0.1, 0.15) is 18.4 Å². The fourth-order valence-corrected chi connectivity index (χ4v) is 4.51. The molecule has 11 heteroatoms. The molecule has 0 saturated carbocycles. The molecule has 0 radical (unpaired) electrons. The standard InChI is InChI=1S/C25H31Cl2N5O4/c1-25(2,3)36-24(34)31(4)14-19(33)28-12-18-21(16-8-9-17(26)22(27)23(16)30-18)15-11-29-32(13-15)20-7-5-6-10-35-20/h8-9,11,13,20,30H,5-7,10,12,14H2,1-4H3,(H,28,33). The van der Waals surface area contributed by atoms with Crippen LogP contribution in [0.1, 0.15) is 52.0 Å². The minimum absolute atomic E-state index is 0.0951. The van der Waals surface area contributed by atoms with Gasteiger partial charge in [0.2, 0.25) is 5.91 Å². The Balaban J connectivity index is 1.56. The summed E-state index contributed by atoms with van der Waals surface area (Å²) in [4.78, 5) is 29.4. The number of hydrogen-bond acceptors (Lipinski definition) is 5. The molecule has 1 aliphatic rings. The van der Waals surface area contributed by atoms with E-state index in [0.29, 0.717) is 15.6 Å². The Kier molecular flexibility index (Phi) is 7.82. The molecule has 0 bridgehead atoms. The minimum Gasteiger partial charge on any atom is -0.444 e. The van der Waals surface area contributed by atoms with Crippen molar-refractivity contribution in [1.82, 2.24) is 25.0 Å². The van der Waals surface area contributed by atoms with Gasteiger partial charge in [0.25, 0.3) is 0 Å². The van der Waals surface area contributed by atoms with Crippen molar-refractivity contribution in [3.05, 3.63) is 40.3 Å². The first-order chi connectivity index (χ1) is 17.0. The zero-order valence-corrected chi connectivity index (χ0v) is 22.4. The van der Waals surface area contributed by atoms with Crippen LogP contribution in [0.15, 0.2) is 24.5 Å². The molecule has 1 fully saturated rings. The van der Waals surface area contributed by atoms with E-state index in [1.165, 1.54) is 11.9 Å². The maximum absolute atomic E-state index is 12.6. The van der Waals surface area contributed by atoms with Crippen LogP contribution in [0.2, 0.25) is 10.0 Å². The lowest BCUT2D eigenvalue weighted by Crippen LogP contribution is -2.40. The molecule has 1 unspecified atom stereocenters. The zero-order valence-electron chi connectivity index (χ0n) is 20.9. The first-order valence-electron chi connectivity index (χ1n) is 11.9. The van der Waals surface area contributed by atoms with Gasteiger partial charge >= 0.3 is 6.09 Å². The van der Waals surface area contributed by atoms with Crippen molar-refractivity contribution in [1.29, 1.82) is 0 Å². The number of H-pyrrole nitrogens is 1. The first kappa shape index (κ1) is 26.3. The van der Waals surface area contributed by atoms with Crippen LogP contribution in [0, 0.1) is 0 Å². The Labute approximate surface area is 220 Å². The molecule has 1 aliphatic heterocycles. The summed E-state index contributed by atoms with van der Waals surface area (Å²) in [5.41, 5.74) is 2.51. The van der Waals surface area contributed by atoms with Gasteiger partial charge < -0.3 is 24.7 Å². The van der Waals surface area contributed by atoms with E-state index in [9.17, 15) is 9.59 Å². The lowest BCUT2D eigenvalue weighted by Gasteiger charge is -2.24. The highest BCUT2D eigenvalue weighted by Gasteiger charge is 2.23. The summed E-state index contributed by atoms with van der Waals surface area (Å²) >= 11 is 12.8. The SMILES string of the molecule is CN(CC(=O)NCc1[nH]c2c(Cl)c(Cl)ccc2c1-c1cnn(C2CCCCO2)c1)C(=O)OC(C)(C)C. The predicted molar refractivity (Wildman–Crippen MR) is 139 cm³/mol. The van der Waals surface area contributed by atoms with E-state index in [1.807, 2.05) is 16.9 Å². The second-order valence-corrected chi connectivity index (χ2v) is 10.7. The second kappa shape index (κ2) is 10.7. The molecule has 0 aliphatic carbocycles. The average Bonchev–Trinajstić information content (AvgIpc) is 3.44. The highest BCUT2D eigenvalue weighted by molar-refractivity contribution is 6.45. The van der Waals surface area contributed by atoms with Gasteiger partial charge in [-0.05, 0) is 46.1 Å². The number of nitrogens with one attached hydrogen (secondary N) is 2. The van der Waals surface area contributed by atoms with Gasteiger partial charge in [-0.15, -0.1) is 0 Å². The molecule has 2 N–H and O–H groups in total. The van der Waals surface area contributed by atoms with Gasteiger partial charge in [-0.1, -0.05) is 29.3 Å². The summed E-state index contributed by atoms with van der Waals surface area (Å²) < 4.78 is 13.0. The highest BCUT2D eigenvalue weighted by atomic mass is 35.5. The topological polar surface area (TPSA) is 101 Å². The van der Waals surface area contributed by atoms with Crippen molar-refractivity contribution in [2.45, 2.75) is 58.4 Å². The molecule has 36 heavy (non-hydrogen) atoms. The molecule has 3 heterocycles. The summed E-state index contributed by atoms with van der Waals surface area (Å²) in [5.74, 6) is -0.330. The number of hydrogen-bond donors (Lipinski definition) is 2. The molecule has 1 saturated heterocycles. The molecule has 3 aromatic rings. The number of halogens is 2. The smallest absolute Gasteiger partial charge is 0.410 e. The Morgan fingerprint density at radius 3 is 2.78 bits per heavy atom. The van der Waals surface area contributed by atoms with E-state index in [1.54, 1.807) is 33.0 Å². The third kappa shape index (κ3) is 5.96. The van der Waals surface area contributed by atoms with Crippen molar-refractivity contribution in [3.63, 3.8) is 0 Å². The summed E-state index contributed by atoms with van der Waals surface area (Å²) in [6.07, 6.45) is 6.12. The summed E-state index contributed by atoms with van der Waals surface area (Å²) in [5, 5.41) is 9.11. The van der Waals surface area contributed by atoms with Crippen molar-refractivity contribution in [2.24, 2.45) is 0 Å². The second-order valence-electron chi connectivity index (χ2n) is 9.91. The van der Waals surface area contributed by atoms with Gasteiger partial charge in [-0.25, -0.2) is 9.48 Å². The summed E-state index contributed by atoms with van der Waals surface area (Å²) in [7, 11) is 1.52. The lowest BCUT2D eigenvalue weighted by atomic mass is 10.0. The van der Waals surface area contributed by atoms with E-state index in [0.717, 1.165) is 48.1 Å². The van der Waals surface area contributed by atoms with Crippen molar-refractivity contribution in [3.8, 4) is 11.1 Å². The number of nitrogens with zero attached hydrogens (tertiary/aromatic N) is 3. The minimum atomic E-state index is -0.644. The van der Waals surface area contributed by atoms with Gasteiger partial charge in [-0.3, -0.25) is 4.79 Å². The molecular formula is C25H31Cl2N5O4. The number of carbonyl (C=O) groups is 2. The predicted octanol–water partition coefficient (Wildman–Crippen LogP) is 5.52. The number of rotatable bonds is 6. The van der Waals surface area contributed by atoms with Gasteiger partial charge in [0, 0.05) is 42.1 Å². The number of fused-ring (bicyclic) bond motifs is 1. The maximum Gasteiger partial charge on any atom is 0.410 e. The van der Waals surface area contributed by atoms with Crippen LogP contribution in [0.25, 0.3) is 22.0 Å². The number of carbonyl (C=O) groups excluding carboxylic acids is 2. The number of benzene rings is 1. The number of aromatic amines is 1. The zero-order chi connectivity index (χ0) is 26.0. The van der Waals surface area contributed by atoms with E-state index in [-0.39, 0.29) is 25.2 Å². The monoisotopic (exact) mass is 535 g/mol. The van der Waals surface area contributed by atoms with Crippen LogP contribution in [0.5, 0.6) is 0 Å². The van der Waals surface area contributed by atoms with Crippen molar-refractivity contribution in [2.75, 3.05) is 20.2 Å². The molecule has 2 aromatic heterocycles. The fourth-order valence-electron chi connectivity index (χ4n) is 4.14. The van der Waals surface area contributed by atoms with E-state index in [2.05, 4.69) is 15.4 Å². The molecule has 0 spiro atoms. The molecule has 1 aromatic carbocycles. The first-order valence-corrected chi connectivity index (χ1v) is 12.6. The molecule has 1 atom stereocenters. The van der Waals surface area contributed by atoms with E-state index < -0.39 is 11.7 Å². The Hall–Kier alpha value is -2.75. The number of ether oxygens (including phenoxy) is 2. The van der Waals surface area contributed by atoms with E-state index in [4.69, 9.17) is 32.7 Å². The summed E-state index contributed by atoms with van der Waals surface area (Å²) in [6.45, 7) is 6.08. The van der Waals surface area contributed by atoms with Gasteiger partial charge in [-0.2, -0.15) is 5.10 Å². The van der Waals surface area contributed by atoms with Crippen LogP contribution in [-0.2, 0) is 20.8 Å². The molecule has 194 valence electrons. The fraction of sp³-hybridized carbons (Fsp3) is 0.480. The van der Waals surface area contributed by atoms with Crippen molar-refractivity contribution >= 4 is 46.1 Å². The molecule has 2 amide bonds. The lowest BCUT2D eigenvalue weighted by molar-refractivity contribution is -0.122. The number of likely N-dealkylation sites (N-methyl/N-ethyl adjacent to an activating group) is 1. The summed E-state index contributed by atoms with van der Waals surface area (Å²) in [6, 6.07) is 3.64. The third-order valence-corrected chi connectivity index (χ3v) is 6.64. The van der Waals surface area contributed by atoms with Crippen LogP contribution < -0.4 is 5.32 Å². The van der Waals surface area contributed by atoms with Crippen molar-refractivity contribution < 1.29 is 19.1 Å². The number of aromatic nitrogens is 3. The van der Waals surface area contributed by atoms with Crippen LogP contribution >= 0.6 is 23.2 Å².